The monoisotopic (exact) mass is 228 g/mol. The number of nitrogens with one attached hydrogen (secondary N) is 1. The van der Waals surface area contributed by atoms with Gasteiger partial charge in [-0.2, -0.15) is 0 Å². The normalized spacial score (nSPS) is 20.3. The van der Waals surface area contributed by atoms with Gasteiger partial charge in [-0.3, -0.25) is 9.69 Å². The number of rotatable bonds is 7. The lowest BCUT2D eigenvalue weighted by Gasteiger charge is -2.16. The fourth-order valence-corrected chi connectivity index (χ4v) is 1.84. The average molecular weight is 228 g/mol. The number of ether oxygens (including phenoxy) is 1. The third-order valence-corrected chi connectivity index (χ3v) is 2.86. The van der Waals surface area contributed by atoms with Crippen LogP contribution in [0.4, 0.5) is 0 Å². The molecule has 1 amide bonds. The second-order valence-electron chi connectivity index (χ2n) is 4.53. The molecule has 1 N–H and O–H groups in total. The SMILES string of the molecule is CCCCN(C)CC(=O)NCC1CCCO1. The Morgan fingerprint density at radius 3 is 3.00 bits per heavy atom. The molecule has 4 nitrogen and oxygen atoms in total. The highest BCUT2D eigenvalue weighted by molar-refractivity contribution is 5.77. The zero-order chi connectivity index (χ0) is 11.8. The molecule has 1 fully saturated rings. The summed E-state index contributed by atoms with van der Waals surface area (Å²) in [4.78, 5) is 13.6. The van der Waals surface area contributed by atoms with Gasteiger partial charge in [0.15, 0.2) is 0 Å². The molecule has 1 saturated heterocycles. The molecular formula is C12H24N2O2. The maximum absolute atomic E-state index is 11.6. The van der Waals surface area contributed by atoms with E-state index in [-0.39, 0.29) is 12.0 Å². The molecule has 0 bridgehead atoms. The van der Waals surface area contributed by atoms with Crippen LogP contribution in [0.3, 0.4) is 0 Å². The van der Waals surface area contributed by atoms with Crippen molar-refractivity contribution >= 4 is 5.91 Å². The number of hydrogen-bond donors (Lipinski definition) is 1. The van der Waals surface area contributed by atoms with Crippen molar-refractivity contribution in [3.05, 3.63) is 0 Å². The van der Waals surface area contributed by atoms with Crippen LogP contribution in [0.15, 0.2) is 0 Å². The standard InChI is InChI=1S/C12H24N2O2/c1-3-4-7-14(2)10-12(15)13-9-11-6-5-8-16-11/h11H,3-10H2,1-2H3,(H,13,15). The maximum atomic E-state index is 11.6. The molecule has 0 aromatic carbocycles. The fraction of sp³-hybridized carbons (Fsp3) is 0.917. The zero-order valence-corrected chi connectivity index (χ0v) is 10.5. The Balaban J connectivity index is 2.05. The Hall–Kier alpha value is -0.610. The Kier molecular flexibility index (Phi) is 6.42. The van der Waals surface area contributed by atoms with E-state index >= 15 is 0 Å². The van der Waals surface area contributed by atoms with Crippen molar-refractivity contribution in [2.75, 3.05) is 33.3 Å². The summed E-state index contributed by atoms with van der Waals surface area (Å²) in [5.41, 5.74) is 0. The minimum atomic E-state index is 0.106. The first-order valence-corrected chi connectivity index (χ1v) is 6.29. The third kappa shape index (κ3) is 5.47. The van der Waals surface area contributed by atoms with Crippen LogP contribution in [-0.4, -0.2) is 50.2 Å². The molecule has 16 heavy (non-hydrogen) atoms. The molecule has 1 unspecified atom stereocenters. The highest BCUT2D eigenvalue weighted by atomic mass is 16.5. The number of amides is 1. The van der Waals surface area contributed by atoms with Crippen molar-refractivity contribution < 1.29 is 9.53 Å². The van der Waals surface area contributed by atoms with E-state index in [0.717, 1.165) is 32.4 Å². The van der Waals surface area contributed by atoms with Crippen molar-refractivity contribution in [3.8, 4) is 0 Å². The van der Waals surface area contributed by atoms with Crippen LogP contribution in [-0.2, 0) is 9.53 Å². The van der Waals surface area contributed by atoms with E-state index in [2.05, 4.69) is 17.1 Å². The first-order valence-electron chi connectivity index (χ1n) is 6.29. The number of likely N-dealkylation sites (N-methyl/N-ethyl adjacent to an activating group) is 1. The Bertz CT molecular complexity index is 203. The van der Waals surface area contributed by atoms with Gasteiger partial charge in [-0.25, -0.2) is 0 Å². The van der Waals surface area contributed by atoms with Gasteiger partial charge in [-0.15, -0.1) is 0 Å². The molecule has 0 aromatic rings. The zero-order valence-electron chi connectivity index (χ0n) is 10.5. The molecule has 0 aromatic heterocycles. The summed E-state index contributed by atoms with van der Waals surface area (Å²) in [7, 11) is 1.99. The quantitative estimate of drug-likeness (QED) is 0.707. The van der Waals surface area contributed by atoms with E-state index in [0.29, 0.717) is 13.1 Å². The summed E-state index contributed by atoms with van der Waals surface area (Å²) in [6, 6.07) is 0. The number of carbonyl (C=O) groups excluding carboxylic acids is 1. The minimum Gasteiger partial charge on any atom is -0.376 e. The lowest BCUT2D eigenvalue weighted by Crippen LogP contribution is -2.39. The molecule has 1 aliphatic rings. The summed E-state index contributed by atoms with van der Waals surface area (Å²) in [5.74, 6) is 0.106. The second-order valence-corrected chi connectivity index (χ2v) is 4.53. The lowest BCUT2D eigenvalue weighted by molar-refractivity contribution is -0.122. The van der Waals surface area contributed by atoms with Crippen LogP contribution in [0.1, 0.15) is 32.6 Å². The molecular weight excluding hydrogens is 204 g/mol. The van der Waals surface area contributed by atoms with Crippen LogP contribution in [0.5, 0.6) is 0 Å². The highest BCUT2D eigenvalue weighted by Crippen LogP contribution is 2.10. The van der Waals surface area contributed by atoms with Gasteiger partial charge in [-0.05, 0) is 32.9 Å². The van der Waals surface area contributed by atoms with Crippen molar-refractivity contribution in [2.45, 2.75) is 38.7 Å². The summed E-state index contributed by atoms with van der Waals surface area (Å²) in [6.07, 6.45) is 4.75. The van der Waals surface area contributed by atoms with E-state index in [1.165, 1.54) is 6.42 Å². The van der Waals surface area contributed by atoms with Gasteiger partial charge in [0.25, 0.3) is 0 Å². The molecule has 0 aliphatic carbocycles. The minimum absolute atomic E-state index is 0.106. The summed E-state index contributed by atoms with van der Waals surface area (Å²) in [6.45, 7) is 5.15. The molecule has 1 atom stereocenters. The maximum Gasteiger partial charge on any atom is 0.234 e. The van der Waals surface area contributed by atoms with Crippen LogP contribution in [0.25, 0.3) is 0 Å². The van der Waals surface area contributed by atoms with Gasteiger partial charge in [0.2, 0.25) is 5.91 Å². The van der Waals surface area contributed by atoms with Gasteiger partial charge in [0.05, 0.1) is 12.6 Å². The lowest BCUT2D eigenvalue weighted by atomic mass is 10.2. The largest absolute Gasteiger partial charge is 0.376 e. The summed E-state index contributed by atoms with van der Waals surface area (Å²) >= 11 is 0. The fourth-order valence-electron chi connectivity index (χ4n) is 1.84. The first kappa shape index (κ1) is 13.5. The van der Waals surface area contributed by atoms with Crippen LogP contribution >= 0.6 is 0 Å². The third-order valence-electron chi connectivity index (χ3n) is 2.86. The molecule has 0 radical (unpaired) electrons. The molecule has 0 spiro atoms. The molecule has 0 saturated carbocycles. The summed E-state index contributed by atoms with van der Waals surface area (Å²) < 4.78 is 5.44. The molecule has 94 valence electrons. The molecule has 1 aliphatic heterocycles. The number of carbonyl (C=O) groups is 1. The van der Waals surface area contributed by atoms with E-state index in [9.17, 15) is 4.79 Å². The van der Waals surface area contributed by atoms with Crippen molar-refractivity contribution in [1.82, 2.24) is 10.2 Å². The Morgan fingerprint density at radius 1 is 1.56 bits per heavy atom. The van der Waals surface area contributed by atoms with Crippen LogP contribution in [0.2, 0.25) is 0 Å². The van der Waals surface area contributed by atoms with E-state index in [4.69, 9.17) is 4.74 Å². The van der Waals surface area contributed by atoms with E-state index in [1.54, 1.807) is 0 Å². The van der Waals surface area contributed by atoms with Crippen molar-refractivity contribution in [2.24, 2.45) is 0 Å². The van der Waals surface area contributed by atoms with Crippen molar-refractivity contribution in [1.29, 1.82) is 0 Å². The van der Waals surface area contributed by atoms with Gasteiger partial charge >= 0.3 is 0 Å². The molecule has 1 rings (SSSR count). The summed E-state index contributed by atoms with van der Waals surface area (Å²) in [5, 5.41) is 2.93. The van der Waals surface area contributed by atoms with Crippen molar-refractivity contribution in [3.63, 3.8) is 0 Å². The number of nitrogens with zero attached hydrogens (tertiary/aromatic N) is 1. The molecule has 4 heteroatoms. The number of hydrogen-bond acceptors (Lipinski definition) is 3. The van der Waals surface area contributed by atoms with Gasteiger partial charge in [0.1, 0.15) is 0 Å². The van der Waals surface area contributed by atoms with Gasteiger partial charge < -0.3 is 10.1 Å². The second kappa shape index (κ2) is 7.63. The van der Waals surface area contributed by atoms with Crippen LogP contribution in [0, 0.1) is 0 Å². The van der Waals surface area contributed by atoms with E-state index in [1.807, 2.05) is 7.05 Å². The molecule has 1 heterocycles. The smallest absolute Gasteiger partial charge is 0.234 e. The topological polar surface area (TPSA) is 41.6 Å². The first-order chi connectivity index (χ1) is 7.72. The number of unbranched alkanes of at least 4 members (excludes halogenated alkanes) is 1. The van der Waals surface area contributed by atoms with Gasteiger partial charge in [-0.1, -0.05) is 13.3 Å². The Labute approximate surface area is 98.3 Å². The van der Waals surface area contributed by atoms with Gasteiger partial charge in [0, 0.05) is 13.2 Å². The van der Waals surface area contributed by atoms with E-state index < -0.39 is 0 Å². The predicted octanol–water partition coefficient (Wildman–Crippen LogP) is 1.01. The highest BCUT2D eigenvalue weighted by Gasteiger charge is 2.16. The predicted molar refractivity (Wildman–Crippen MR) is 64.4 cm³/mol. The van der Waals surface area contributed by atoms with Crippen LogP contribution < -0.4 is 5.32 Å². The Morgan fingerprint density at radius 2 is 2.38 bits per heavy atom. The average Bonchev–Trinajstić information content (AvgIpc) is 2.76.